The molecule has 1 amide bonds. The molecule has 0 atom stereocenters. The van der Waals surface area contributed by atoms with Gasteiger partial charge >= 0.3 is 0 Å². The number of aromatic nitrogens is 1. The van der Waals surface area contributed by atoms with Gasteiger partial charge in [0.1, 0.15) is 0 Å². The van der Waals surface area contributed by atoms with Crippen LogP contribution in [0.15, 0.2) is 30.3 Å². The second-order valence-corrected chi connectivity index (χ2v) is 7.14. The van der Waals surface area contributed by atoms with E-state index in [1.807, 2.05) is 30.3 Å². The molecule has 3 N–H and O–H groups in total. The molecular formula is C18H24ClN3O2S. The summed E-state index contributed by atoms with van der Waals surface area (Å²) < 4.78 is 5.38. The van der Waals surface area contributed by atoms with Gasteiger partial charge in [-0.25, -0.2) is 4.98 Å². The molecule has 0 saturated carbocycles. The lowest BCUT2D eigenvalue weighted by Gasteiger charge is -2.34. The molecule has 5 nitrogen and oxygen atoms in total. The van der Waals surface area contributed by atoms with Crippen LogP contribution in [0.2, 0.25) is 0 Å². The highest BCUT2D eigenvalue weighted by Gasteiger charge is 2.39. The van der Waals surface area contributed by atoms with Crippen LogP contribution >= 0.6 is 23.7 Å². The van der Waals surface area contributed by atoms with E-state index in [9.17, 15) is 4.79 Å². The van der Waals surface area contributed by atoms with E-state index in [1.165, 1.54) is 4.88 Å². The van der Waals surface area contributed by atoms with E-state index in [-0.39, 0.29) is 18.3 Å². The van der Waals surface area contributed by atoms with Crippen molar-refractivity contribution in [2.45, 2.75) is 26.2 Å². The van der Waals surface area contributed by atoms with E-state index in [1.54, 1.807) is 11.3 Å². The van der Waals surface area contributed by atoms with Crippen molar-refractivity contribution in [1.82, 2.24) is 4.98 Å². The number of aryl methyl sites for hydroxylation is 1. The van der Waals surface area contributed by atoms with Crippen LogP contribution in [0.3, 0.4) is 0 Å². The lowest BCUT2D eigenvalue weighted by Crippen LogP contribution is -2.46. The molecule has 0 unspecified atom stereocenters. The molecule has 2 aromatic rings. The Morgan fingerprint density at radius 3 is 2.60 bits per heavy atom. The predicted molar refractivity (Wildman–Crippen MR) is 104 cm³/mol. The number of hydrogen-bond acceptors (Lipinski definition) is 5. The normalized spacial score (nSPS) is 16.1. The lowest BCUT2D eigenvalue weighted by atomic mass is 9.79. The van der Waals surface area contributed by atoms with Gasteiger partial charge in [0.05, 0.1) is 11.1 Å². The standard InChI is InChI=1S/C18H23N3O2S.ClH/c1-2-14-15(13-6-4-3-5-7-13)20-17(24-14)21-16(22)18(12-19)8-10-23-11-9-18;/h3-7H,2,8-12,19H2,1H3,(H,20,21,22);1H. The fraction of sp³-hybridized carbons (Fsp3) is 0.444. The summed E-state index contributed by atoms with van der Waals surface area (Å²) in [6.45, 7) is 3.60. The van der Waals surface area contributed by atoms with Crippen molar-refractivity contribution >= 4 is 34.8 Å². The molecule has 1 saturated heterocycles. The van der Waals surface area contributed by atoms with Gasteiger partial charge in [-0.05, 0) is 19.3 Å². The van der Waals surface area contributed by atoms with E-state index in [0.29, 0.717) is 37.7 Å². The topological polar surface area (TPSA) is 77.2 Å². The highest BCUT2D eigenvalue weighted by Crippen LogP contribution is 2.34. The Bertz CT molecular complexity index is 700. The second-order valence-electron chi connectivity index (χ2n) is 6.06. The lowest BCUT2D eigenvalue weighted by molar-refractivity contribution is -0.130. The Balaban J connectivity index is 0.00000225. The maximum absolute atomic E-state index is 12.8. The summed E-state index contributed by atoms with van der Waals surface area (Å²) in [5, 5.41) is 3.65. The highest BCUT2D eigenvalue weighted by atomic mass is 35.5. The first kappa shape index (κ1) is 19.8. The first-order valence-corrected chi connectivity index (χ1v) is 9.14. The van der Waals surface area contributed by atoms with E-state index in [2.05, 4.69) is 17.2 Å². The van der Waals surface area contributed by atoms with Gasteiger partial charge in [0.15, 0.2) is 5.13 Å². The molecule has 0 aliphatic carbocycles. The minimum atomic E-state index is -0.538. The fourth-order valence-electron chi connectivity index (χ4n) is 2.98. The van der Waals surface area contributed by atoms with Gasteiger partial charge in [0.2, 0.25) is 5.91 Å². The number of carbonyl (C=O) groups is 1. The van der Waals surface area contributed by atoms with Gasteiger partial charge < -0.3 is 15.8 Å². The minimum Gasteiger partial charge on any atom is -0.381 e. The molecule has 136 valence electrons. The third kappa shape index (κ3) is 4.20. The van der Waals surface area contributed by atoms with Crippen LogP contribution in [0.25, 0.3) is 11.3 Å². The Labute approximate surface area is 158 Å². The van der Waals surface area contributed by atoms with Gasteiger partial charge in [-0.3, -0.25) is 4.79 Å². The summed E-state index contributed by atoms with van der Waals surface area (Å²) in [6, 6.07) is 10.1. The number of thiazole rings is 1. The third-order valence-electron chi connectivity index (χ3n) is 4.61. The van der Waals surface area contributed by atoms with Gasteiger partial charge in [0.25, 0.3) is 0 Å². The molecule has 1 aromatic carbocycles. The highest BCUT2D eigenvalue weighted by molar-refractivity contribution is 7.16. The number of rotatable bonds is 5. The van der Waals surface area contributed by atoms with E-state index >= 15 is 0 Å². The van der Waals surface area contributed by atoms with Crippen molar-refractivity contribution < 1.29 is 9.53 Å². The monoisotopic (exact) mass is 381 g/mol. The Morgan fingerprint density at radius 1 is 1.32 bits per heavy atom. The van der Waals surface area contributed by atoms with E-state index in [0.717, 1.165) is 17.7 Å². The predicted octanol–water partition coefficient (Wildman–Crippen LogP) is 3.49. The third-order valence-corrected chi connectivity index (χ3v) is 5.72. The largest absolute Gasteiger partial charge is 0.381 e. The number of nitrogens with two attached hydrogens (primary N) is 1. The SMILES string of the molecule is CCc1sc(NC(=O)C2(CN)CCOCC2)nc1-c1ccccc1.Cl. The number of anilines is 1. The number of ether oxygens (including phenoxy) is 1. The molecule has 2 heterocycles. The maximum atomic E-state index is 12.8. The molecule has 0 spiro atoms. The number of benzene rings is 1. The molecule has 1 aromatic heterocycles. The van der Waals surface area contributed by atoms with Gasteiger partial charge in [-0.15, -0.1) is 23.7 Å². The first-order chi connectivity index (χ1) is 11.7. The number of hydrogen-bond donors (Lipinski definition) is 2. The average molecular weight is 382 g/mol. The van der Waals surface area contributed by atoms with Crippen LogP contribution in [0.4, 0.5) is 5.13 Å². The molecule has 3 rings (SSSR count). The second kappa shape index (κ2) is 8.76. The number of nitrogens with zero attached hydrogens (tertiary/aromatic N) is 1. The average Bonchev–Trinajstić information content (AvgIpc) is 3.06. The van der Waals surface area contributed by atoms with Gasteiger partial charge in [0, 0.05) is 30.2 Å². The fourth-order valence-corrected chi connectivity index (χ4v) is 3.90. The van der Waals surface area contributed by atoms with Crippen molar-refractivity contribution in [2.24, 2.45) is 11.1 Å². The van der Waals surface area contributed by atoms with Gasteiger partial charge in [-0.2, -0.15) is 0 Å². The van der Waals surface area contributed by atoms with Crippen molar-refractivity contribution in [3.8, 4) is 11.3 Å². The molecule has 25 heavy (non-hydrogen) atoms. The number of carbonyl (C=O) groups excluding carboxylic acids is 1. The Hall–Kier alpha value is -1.47. The Kier molecular flexibility index (Phi) is 6.95. The molecule has 1 fully saturated rings. The van der Waals surface area contributed by atoms with Crippen molar-refractivity contribution in [3.05, 3.63) is 35.2 Å². The molecule has 0 radical (unpaired) electrons. The number of halogens is 1. The van der Waals surface area contributed by atoms with Crippen LogP contribution in [-0.2, 0) is 16.0 Å². The van der Waals surface area contributed by atoms with Crippen LogP contribution in [0, 0.1) is 5.41 Å². The summed E-state index contributed by atoms with van der Waals surface area (Å²) in [5.41, 5.74) is 7.40. The summed E-state index contributed by atoms with van der Waals surface area (Å²) in [5.74, 6) is -0.0377. The molecule has 7 heteroatoms. The quantitative estimate of drug-likeness (QED) is 0.831. The molecule has 0 bridgehead atoms. The van der Waals surface area contributed by atoms with Crippen LogP contribution in [-0.4, -0.2) is 30.6 Å². The van der Waals surface area contributed by atoms with Gasteiger partial charge in [-0.1, -0.05) is 37.3 Å². The van der Waals surface area contributed by atoms with Crippen LogP contribution < -0.4 is 11.1 Å². The summed E-state index contributed by atoms with van der Waals surface area (Å²) in [4.78, 5) is 18.6. The van der Waals surface area contributed by atoms with Crippen LogP contribution in [0.1, 0.15) is 24.6 Å². The zero-order valence-corrected chi connectivity index (χ0v) is 15.9. The smallest absolute Gasteiger partial charge is 0.233 e. The molecule has 1 aliphatic heterocycles. The van der Waals surface area contributed by atoms with Crippen molar-refractivity contribution in [1.29, 1.82) is 0 Å². The summed E-state index contributed by atoms with van der Waals surface area (Å²) in [6.07, 6.45) is 2.20. The summed E-state index contributed by atoms with van der Waals surface area (Å²) in [7, 11) is 0. The summed E-state index contributed by atoms with van der Waals surface area (Å²) >= 11 is 1.54. The Morgan fingerprint density at radius 2 is 2.00 bits per heavy atom. The van der Waals surface area contributed by atoms with E-state index in [4.69, 9.17) is 10.5 Å². The zero-order valence-electron chi connectivity index (χ0n) is 14.3. The number of amides is 1. The van der Waals surface area contributed by atoms with E-state index < -0.39 is 5.41 Å². The molecule has 1 aliphatic rings. The van der Waals surface area contributed by atoms with Crippen molar-refractivity contribution in [2.75, 3.05) is 25.1 Å². The maximum Gasteiger partial charge on any atom is 0.233 e. The minimum absolute atomic E-state index is 0. The number of nitrogens with one attached hydrogen (secondary N) is 1. The first-order valence-electron chi connectivity index (χ1n) is 8.33. The molecular weight excluding hydrogens is 358 g/mol. The van der Waals surface area contributed by atoms with Crippen LogP contribution in [0.5, 0.6) is 0 Å². The van der Waals surface area contributed by atoms with Crippen molar-refractivity contribution in [3.63, 3.8) is 0 Å². The zero-order chi connectivity index (χ0) is 17.0.